The molecule has 7 nitrogen and oxygen atoms in total. The number of benzene rings is 2. The highest BCUT2D eigenvalue weighted by atomic mass is 79.9. The zero-order valence-electron chi connectivity index (χ0n) is 17.9. The van der Waals surface area contributed by atoms with Crippen LogP contribution >= 0.6 is 15.9 Å². The number of carbonyl (C=O) groups is 2. The SMILES string of the molecule is CC(C)(C)OC(=O)N1C(=O)[C@@](c2ccccc2)([C@H](C[N+](=O)[O-])C(F)(F)F)c2cc(Br)ccc21. The summed E-state index contributed by atoms with van der Waals surface area (Å²) in [6.45, 7) is 3.06. The van der Waals surface area contributed by atoms with E-state index in [1.54, 1.807) is 26.8 Å². The lowest BCUT2D eigenvalue weighted by Gasteiger charge is -2.36. The number of ether oxygens (including phenoxy) is 1. The summed E-state index contributed by atoms with van der Waals surface area (Å²) in [6.07, 6.45) is -6.32. The Kier molecular flexibility index (Phi) is 6.31. The first-order chi connectivity index (χ1) is 15.2. The third kappa shape index (κ3) is 4.46. The van der Waals surface area contributed by atoms with Crippen molar-refractivity contribution in [2.75, 3.05) is 11.4 Å². The number of nitro groups is 1. The second-order valence-electron chi connectivity index (χ2n) is 8.57. The summed E-state index contributed by atoms with van der Waals surface area (Å²) >= 11 is 3.20. The largest absolute Gasteiger partial charge is 0.443 e. The van der Waals surface area contributed by atoms with Crippen LogP contribution in [0.25, 0.3) is 0 Å². The van der Waals surface area contributed by atoms with Crippen molar-refractivity contribution in [3.8, 4) is 0 Å². The maximum absolute atomic E-state index is 14.4. The van der Waals surface area contributed by atoms with Crippen molar-refractivity contribution in [3.05, 3.63) is 74.2 Å². The Morgan fingerprint density at radius 1 is 1.18 bits per heavy atom. The molecule has 2 amide bonds. The Labute approximate surface area is 195 Å². The molecule has 0 radical (unpaired) electrons. The Bertz CT molecular complexity index is 1100. The van der Waals surface area contributed by atoms with Crippen molar-refractivity contribution >= 4 is 33.6 Å². The molecule has 1 heterocycles. The van der Waals surface area contributed by atoms with Crippen molar-refractivity contribution in [1.82, 2.24) is 0 Å². The number of fused-ring (bicyclic) bond motifs is 1. The van der Waals surface area contributed by atoms with Gasteiger partial charge in [-0.2, -0.15) is 13.2 Å². The van der Waals surface area contributed by atoms with Crippen LogP contribution in [0.4, 0.5) is 23.7 Å². The van der Waals surface area contributed by atoms with E-state index in [1.807, 2.05) is 0 Å². The van der Waals surface area contributed by atoms with Gasteiger partial charge in [0.15, 0.2) is 0 Å². The first-order valence-corrected chi connectivity index (χ1v) is 10.6. The molecule has 0 fully saturated rings. The monoisotopic (exact) mass is 528 g/mol. The van der Waals surface area contributed by atoms with Gasteiger partial charge < -0.3 is 4.74 Å². The summed E-state index contributed by atoms with van der Waals surface area (Å²) in [6, 6.07) is 11.0. The minimum absolute atomic E-state index is 0.121. The van der Waals surface area contributed by atoms with Crippen LogP contribution in [0.15, 0.2) is 53.0 Å². The van der Waals surface area contributed by atoms with Gasteiger partial charge in [0.2, 0.25) is 6.54 Å². The van der Waals surface area contributed by atoms with Crippen LogP contribution in [0, 0.1) is 16.0 Å². The van der Waals surface area contributed by atoms with E-state index in [4.69, 9.17) is 4.74 Å². The van der Waals surface area contributed by atoms with Gasteiger partial charge in [0.05, 0.1) is 5.69 Å². The van der Waals surface area contributed by atoms with Crippen LogP contribution in [0.2, 0.25) is 0 Å². The molecule has 0 spiro atoms. The average Bonchev–Trinajstić information content (AvgIpc) is 2.93. The molecule has 0 saturated carbocycles. The lowest BCUT2D eigenvalue weighted by Crippen LogP contribution is -2.55. The van der Waals surface area contributed by atoms with Crippen LogP contribution in [0.5, 0.6) is 0 Å². The van der Waals surface area contributed by atoms with Gasteiger partial charge in [0, 0.05) is 9.40 Å². The summed E-state index contributed by atoms with van der Waals surface area (Å²) in [5.74, 6) is -4.02. The van der Waals surface area contributed by atoms with Gasteiger partial charge >= 0.3 is 12.3 Å². The molecule has 0 saturated heterocycles. The molecule has 176 valence electrons. The Hall–Kier alpha value is -2.95. The van der Waals surface area contributed by atoms with E-state index in [1.165, 1.54) is 42.5 Å². The maximum Gasteiger partial charge on any atom is 0.421 e. The van der Waals surface area contributed by atoms with E-state index in [0.29, 0.717) is 9.37 Å². The third-order valence-corrected chi connectivity index (χ3v) is 5.71. The number of halogens is 4. The van der Waals surface area contributed by atoms with Crippen molar-refractivity contribution < 1.29 is 32.4 Å². The van der Waals surface area contributed by atoms with E-state index < -0.39 is 46.6 Å². The number of nitrogens with zero attached hydrogens (tertiary/aromatic N) is 2. The molecule has 1 aliphatic heterocycles. The summed E-state index contributed by atoms with van der Waals surface area (Å²) in [5.41, 5.74) is -4.05. The van der Waals surface area contributed by atoms with Crippen LogP contribution in [0.1, 0.15) is 31.9 Å². The fourth-order valence-electron chi connectivity index (χ4n) is 4.06. The molecule has 1 aliphatic rings. The Morgan fingerprint density at radius 2 is 1.79 bits per heavy atom. The second kappa shape index (κ2) is 8.44. The molecule has 0 unspecified atom stereocenters. The standard InChI is InChI=1S/C22H20BrF3N2O5/c1-20(2,3)33-19(30)28-16-10-9-14(23)11-15(16)21(18(28)29,13-7-5-4-6-8-13)17(12-27(31)32)22(24,25)26/h4-11,17H,12H2,1-3H3/t17-,21+/m0/s1. The van der Waals surface area contributed by atoms with Crippen LogP contribution in [-0.2, 0) is 14.9 Å². The quantitative estimate of drug-likeness (QED) is 0.387. The number of anilines is 1. The zero-order chi connectivity index (χ0) is 24.8. The van der Waals surface area contributed by atoms with Crippen molar-refractivity contribution in [2.45, 2.75) is 38.0 Å². The van der Waals surface area contributed by atoms with Crippen molar-refractivity contribution in [1.29, 1.82) is 0 Å². The molecule has 11 heteroatoms. The van der Waals surface area contributed by atoms with Crippen LogP contribution in [-0.4, -0.2) is 35.2 Å². The number of imide groups is 1. The van der Waals surface area contributed by atoms with Gasteiger partial charge in [-0.3, -0.25) is 14.9 Å². The van der Waals surface area contributed by atoms with Crippen LogP contribution < -0.4 is 4.90 Å². The molecule has 2 atom stereocenters. The minimum atomic E-state index is -5.15. The highest BCUT2D eigenvalue weighted by Crippen LogP contribution is 2.55. The predicted molar refractivity (Wildman–Crippen MR) is 116 cm³/mol. The maximum atomic E-state index is 14.4. The average molecular weight is 529 g/mol. The summed E-state index contributed by atoms with van der Waals surface area (Å²) in [4.78, 5) is 37.7. The van der Waals surface area contributed by atoms with E-state index >= 15 is 0 Å². The van der Waals surface area contributed by atoms with Gasteiger partial charge in [0.1, 0.15) is 16.9 Å². The molecule has 0 aromatic heterocycles. The Balaban J connectivity index is 2.41. The van der Waals surface area contributed by atoms with Gasteiger partial charge in [-0.05, 0) is 50.1 Å². The number of hydrogen-bond acceptors (Lipinski definition) is 5. The molecule has 3 rings (SSSR count). The number of hydrogen-bond donors (Lipinski definition) is 0. The molecule has 0 aliphatic carbocycles. The number of rotatable bonds is 4. The molecule has 0 N–H and O–H groups in total. The fraction of sp³-hybridized carbons (Fsp3) is 0.364. The summed E-state index contributed by atoms with van der Waals surface area (Å²) in [5, 5.41) is 11.4. The van der Waals surface area contributed by atoms with Gasteiger partial charge in [0.25, 0.3) is 5.91 Å². The van der Waals surface area contributed by atoms with Gasteiger partial charge in [-0.1, -0.05) is 46.3 Å². The molecular weight excluding hydrogens is 509 g/mol. The highest BCUT2D eigenvalue weighted by molar-refractivity contribution is 9.10. The van der Waals surface area contributed by atoms with Gasteiger partial charge in [-0.25, -0.2) is 9.69 Å². The lowest BCUT2D eigenvalue weighted by atomic mass is 9.66. The smallest absolute Gasteiger partial charge is 0.421 e. The van der Waals surface area contributed by atoms with Crippen molar-refractivity contribution in [2.24, 2.45) is 5.92 Å². The highest BCUT2D eigenvalue weighted by Gasteiger charge is 2.67. The first-order valence-electron chi connectivity index (χ1n) is 9.81. The zero-order valence-corrected chi connectivity index (χ0v) is 19.4. The molecule has 2 aromatic carbocycles. The molecular formula is C22H20BrF3N2O5. The molecule has 2 aromatic rings. The van der Waals surface area contributed by atoms with E-state index in [2.05, 4.69) is 15.9 Å². The Morgan fingerprint density at radius 3 is 2.30 bits per heavy atom. The first kappa shape index (κ1) is 24.7. The van der Waals surface area contributed by atoms with Crippen molar-refractivity contribution in [3.63, 3.8) is 0 Å². The predicted octanol–water partition coefficient (Wildman–Crippen LogP) is 5.47. The van der Waals surface area contributed by atoms with E-state index in [-0.39, 0.29) is 16.8 Å². The second-order valence-corrected chi connectivity index (χ2v) is 9.48. The third-order valence-electron chi connectivity index (χ3n) is 5.22. The topological polar surface area (TPSA) is 89.8 Å². The number of alkyl halides is 3. The minimum Gasteiger partial charge on any atom is -0.443 e. The van der Waals surface area contributed by atoms with Crippen LogP contribution in [0.3, 0.4) is 0 Å². The fourth-order valence-corrected chi connectivity index (χ4v) is 4.42. The van der Waals surface area contributed by atoms with Gasteiger partial charge in [-0.15, -0.1) is 0 Å². The number of carbonyl (C=O) groups excluding carboxylic acids is 2. The van der Waals surface area contributed by atoms with E-state index in [0.717, 1.165) is 0 Å². The summed E-state index contributed by atoms with van der Waals surface area (Å²) < 4.78 is 48.9. The number of amides is 2. The lowest BCUT2D eigenvalue weighted by molar-refractivity contribution is -0.499. The normalized spacial score (nSPS) is 19.2. The summed E-state index contributed by atoms with van der Waals surface area (Å²) in [7, 11) is 0. The molecule has 0 bridgehead atoms. The molecule has 33 heavy (non-hydrogen) atoms. The van der Waals surface area contributed by atoms with E-state index in [9.17, 15) is 32.9 Å².